The normalized spacial score (nSPS) is 15.2. The van der Waals surface area contributed by atoms with E-state index >= 15 is 0 Å². The molecule has 1 aromatic carbocycles. The molecule has 1 amide bonds. The van der Waals surface area contributed by atoms with Gasteiger partial charge in [-0.15, -0.1) is 0 Å². The number of hydrogen-bond acceptors (Lipinski definition) is 4. The highest BCUT2D eigenvalue weighted by Crippen LogP contribution is 2.23. The van der Waals surface area contributed by atoms with E-state index in [1.54, 1.807) is 24.6 Å². The number of furan rings is 1. The molecule has 0 N–H and O–H groups in total. The van der Waals surface area contributed by atoms with Crippen LogP contribution in [0.25, 0.3) is 0 Å². The molecule has 0 radical (unpaired) electrons. The summed E-state index contributed by atoms with van der Waals surface area (Å²) in [6.07, 6.45) is 7.33. The summed E-state index contributed by atoms with van der Waals surface area (Å²) >= 11 is 0. The van der Waals surface area contributed by atoms with Gasteiger partial charge in [-0.1, -0.05) is 30.3 Å². The molecule has 4 rings (SSSR count). The molecule has 1 aliphatic heterocycles. The summed E-state index contributed by atoms with van der Waals surface area (Å²) in [5, 5.41) is 0. The Balaban J connectivity index is 1.37. The number of aromatic nitrogens is 1. The van der Waals surface area contributed by atoms with E-state index in [0.29, 0.717) is 18.2 Å². The number of piperidine rings is 1. The topological polar surface area (TPSA) is 49.6 Å². The number of rotatable bonds is 7. The monoisotopic (exact) mass is 403 g/mol. The van der Waals surface area contributed by atoms with Gasteiger partial charge in [0, 0.05) is 32.0 Å². The van der Waals surface area contributed by atoms with Gasteiger partial charge in [-0.3, -0.25) is 14.7 Å². The molecule has 0 aliphatic carbocycles. The average Bonchev–Trinajstić information content (AvgIpc) is 3.31. The van der Waals surface area contributed by atoms with Crippen LogP contribution in [0.5, 0.6) is 0 Å². The van der Waals surface area contributed by atoms with Crippen LogP contribution in [0.15, 0.2) is 71.6 Å². The average molecular weight is 404 g/mol. The predicted molar refractivity (Wildman–Crippen MR) is 117 cm³/mol. The Morgan fingerprint density at radius 1 is 1.13 bits per heavy atom. The van der Waals surface area contributed by atoms with Crippen molar-refractivity contribution < 1.29 is 9.21 Å². The van der Waals surface area contributed by atoms with Gasteiger partial charge in [-0.25, -0.2) is 0 Å². The van der Waals surface area contributed by atoms with E-state index in [1.807, 2.05) is 23.2 Å². The van der Waals surface area contributed by atoms with Crippen molar-refractivity contribution in [3.05, 3.63) is 89.6 Å². The highest BCUT2D eigenvalue weighted by Gasteiger charge is 2.26. The van der Waals surface area contributed by atoms with Gasteiger partial charge in [-0.2, -0.15) is 0 Å². The zero-order valence-electron chi connectivity index (χ0n) is 17.5. The third-order valence-electron chi connectivity index (χ3n) is 5.96. The summed E-state index contributed by atoms with van der Waals surface area (Å²) in [5.74, 6) is 0.843. The quantitative estimate of drug-likeness (QED) is 0.581. The van der Waals surface area contributed by atoms with E-state index in [4.69, 9.17) is 4.42 Å². The van der Waals surface area contributed by atoms with Gasteiger partial charge in [0.05, 0.1) is 6.26 Å². The second-order valence-electron chi connectivity index (χ2n) is 8.17. The van der Waals surface area contributed by atoms with Gasteiger partial charge in [0.25, 0.3) is 5.91 Å². The van der Waals surface area contributed by atoms with Gasteiger partial charge < -0.3 is 9.32 Å². The lowest BCUT2D eigenvalue weighted by molar-refractivity contribution is 0.0640. The molecule has 30 heavy (non-hydrogen) atoms. The summed E-state index contributed by atoms with van der Waals surface area (Å²) in [4.78, 5) is 21.7. The third kappa shape index (κ3) is 5.16. The lowest BCUT2D eigenvalue weighted by Crippen LogP contribution is -2.40. The lowest BCUT2D eigenvalue weighted by atomic mass is 9.95. The fraction of sp³-hybridized carbons (Fsp3) is 0.360. The van der Waals surface area contributed by atoms with Crippen LogP contribution in [0.1, 0.15) is 40.1 Å². The Labute approximate surface area is 178 Å². The molecule has 0 unspecified atom stereocenters. The first-order valence-corrected chi connectivity index (χ1v) is 10.7. The van der Waals surface area contributed by atoms with Crippen LogP contribution in [-0.2, 0) is 13.1 Å². The Morgan fingerprint density at radius 2 is 1.97 bits per heavy atom. The number of aryl methyl sites for hydroxylation is 1. The first kappa shape index (κ1) is 20.4. The van der Waals surface area contributed by atoms with E-state index in [9.17, 15) is 4.79 Å². The van der Waals surface area contributed by atoms with Crippen LogP contribution in [0.2, 0.25) is 0 Å². The number of pyridine rings is 1. The largest absolute Gasteiger partial charge is 0.459 e. The van der Waals surface area contributed by atoms with Crippen molar-refractivity contribution in [1.82, 2.24) is 14.8 Å². The van der Waals surface area contributed by atoms with Crippen molar-refractivity contribution in [1.29, 1.82) is 0 Å². The summed E-state index contributed by atoms with van der Waals surface area (Å²) in [6, 6.07) is 16.0. The van der Waals surface area contributed by atoms with Crippen molar-refractivity contribution in [3.63, 3.8) is 0 Å². The Kier molecular flexibility index (Phi) is 6.60. The first-order chi connectivity index (χ1) is 14.7. The summed E-state index contributed by atoms with van der Waals surface area (Å²) in [7, 11) is 0. The molecule has 1 saturated heterocycles. The van der Waals surface area contributed by atoms with E-state index in [-0.39, 0.29) is 5.91 Å². The van der Waals surface area contributed by atoms with Crippen molar-refractivity contribution in [2.45, 2.75) is 32.9 Å². The molecule has 3 aromatic rings. The van der Waals surface area contributed by atoms with Crippen molar-refractivity contribution in [2.75, 3.05) is 19.6 Å². The maximum absolute atomic E-state index is 13.0. The molecule has 0 atom stereocenters. The molecule has 0 spiro atoms. The molecule has 3 heterocycles. The highest BCUT2D eigenvalue weighted by molar-refractivity contribution is 5.91. The van der Waals surface area contributed by atoms with Crippen molar-refractivity contribution in [2.24, 2.45) is 5.92 Å². The van der Waals surface area contributed by atoms with Crippen molar-refractivity contribution in [3.8, 4) is 0 Å². The van der Waals surface area contributed by atoms with Gasteiger partial charge in [0.15, 0.2) is 5.76 Å². The zero-order chi connectivity index (χ0) is 20.8. The minimum absolute atomic E-state index is 0.0498. The highest BCUT2D eigenvalue weighted by atomic mass is 16.3. The number of carbonyl (C=O) groups excluding carboxylic acids is 1. The third-order valence-corrected chi connectivity index (χ3v) is 5.96. The van der Waals surface area contributed by atoms with Gasteiger partial charge in [0.1, 0.15) is 0 Å². The maximum atomic E-state index is 13.0. The van der Waals surface area contributed by atoms with Crippen molar-refractivity contribution >= 4 is 5.91 Å². The molecule has 0 bridgehead atoms. The van der Waals surface area contributed by atoms with E-state index in [1.165, 1.54) is 11.1 Å². The van der Waals surface area contributed by atoms with Crippen LogP contribution in [0.3, 0.4) is 0 Å². The minimum Gasteiger partial charge on any atom is -0.459 e. The zero-order valence-corrected chi connectivity index (χ0v) is 17.5. The number of nitrogens with zero attached hydrogens (tertiary/aromatic N) is 3. The number of amides is 1. The molecule has 5 heteroatoms. The number of hydrogen-bond donors (Lipinski definition) is 0. The molecule has 0 saturated carbocycles. The Bertz CT molecular complexity index is 932. The molecule has 5 nitrogen and oxygen atoms in total. The second-order valence-corrected chi connectivity index (χ2v) is 8.17. The summed E-state index contributed by atoms with van der Waals surface area (Å²) < 4.78 is 5.38. The van der Waals surface area contributed by atoms with Gasteiger partial charge in [0.2, 0.25) is 0 Å². The number of benzene rings is 1. The second kappa shape index (κ2) is 9.72. The lowest BCUT2D eigenvalue weighted by Gasteiger charge is -2.35. The number of carbonyl (C=O) groups is 1. The van der Waals surface area contributed by atoms with E-state index in [2.05, 4.69) is 41.1 Å². The number of likely N-dealkylation sites (tertiary alicyclic amines) is 1. The molecule has 2 aromatic heterocycles. The molecular weight excluding hydrogens is 374 g/mol. The van der Waals surface area contributed by atoms with Crippen LogP contribution in [-0.4, -0.2) is 40.3 Å². The van der Waals surface area contributed by atoms with E-state index in [0.717, 1.165) is 44.6 Å². The first-order valence-electron chi connectivity index (χ1n) is 10.7. The fourth-order valence-corrected chi connectivity index (χ4v) is 4.15. The van der Waals surface area contributed by atoms with Crippen LogP contribution in [0.4, 0.5) is 0 Å². The van der Waals surface area contributed by atoms with Crippen LogP contribution >= 0.6 is 0 Å². The molecular formula is C25H29N3O2. The SMILES string of the molecule is Cc1ccccc1CN1CCC(CN(Cc2cccnc2)C(=O)c2ccco2)CC1. The van der Waals surface area contributed by atoms with Crippen LogP contribution in [0, 0.1) is 12.8 Å². The molecule has 1 fully saturated rings. The standard InChI is InChI=1S/C25H29N3O2/c1-20-6-2-3-8-23(20)19-27-13-10-21(11-14-27)17-28(18-22-7-4-12-26-16-22)25(29)24-9-5-15-30-24/h2-9,12,15-16,21H,10-11,13-14,17-19H2,1H3. The van der Waals surface area contributed by atoms with E-state index < -0.39 is 0 Å². The molecule has 156 valence electrons. The summed E-state index contributed by atoms with van der Waals surface area (Å²) in [6.45, 7) is 6.61. The fourth-order valence-electron chi connectivity index (χ4n) is 4.15. The van der Waals surface area contributed by atoms with Gasteiger partial charge in [-0.05, 0) is 73.7 Å². The Morgan fingerprint density at radius 3 is 2.67 bits per heavy atom. The Hall–Kier alpha value is -2.92. The maximum Gasteiger partial charge on any atom is 0.289 e. The summed E-state index contributed by atoms with van der Waals surface area (Å²) in [5.41, 5.74) is 3.79. The van der Waals surface area contributed by atoms with Crippen LogP contribution < -0.4 is 0 Å². The minimum atomic E-state index is -0.0498. The van der Waals surface area contributed by atoms with Gasteiger partial charge >= 0.3 is 0 Å². The predicted octanol–water partition coefficient (Wildman–Crippen LogP) is 4.54. The molecule has 1 aliphatic rings. The smallest absolute Gasteiger partial charge is 0.289 e.